The third-order valence-electron chi connectivity index (χ3n) is 5.46. The highest BCUT2D eigenvalue weighted by Gasteiger charge is 2.21. The number of anilines is 2. The van der Waals surface area contributed by atoms with Crippen molar-refractivity contribution in [2.24, 2.45) is 5.92 Å². The van der Waals surface area contributed by atoms with Gasteiger partial charge in [-0.1, -0.05) is 13.0 Å². The number of nitrogens with one attached hydrogen (secondary N) is 2. The summed E-state index contributed by atoms with van der Waals surface area (Å²) in [6.07, 6.45) is 2.05. The molecule has 7 heteroatoms. The Hall–Kier alpha value is -3.35. The molecule has 1 saturated heterocycles. The Morgan fingerprint density at radius 1 is 0.968 bits per heavy atom. The molecule has 2 aromatic rings. The van der Waals surface area contributed by atoms with E-state index in [1.807, 2.05) is 4.90 Å². The summed E-state index contributed by atoms with van der Waals surface area (Å²) in [5, 5.41) is 5.87. The summed E-state index contributed by atoms with van der Waals surface area (Å²) in [7, 11) is 3.41. The third kappa shape index (κ3) is 6.07. The van der Waals surface area contributed by atoms with Gasteiger partial charge in [-0.2, -0.15) is 0 Å². The summed E-state index contributed by atoms with van der Waals surface area (Å²) in [5.41, 5.74) is 2.51. The first-order valence-corrected chi connectivity index (χ1v) is 10.6. The molecule has 164 valence electrons. The maximum atomic E-state index is 12.7. The first-order chi connectivity index (χ1) is 14.8. The van der Waals surface area contributed by atoms with Gasteiger partial charge in [0.2, 0.25) is 5.91 Å². The topological polar surface area (TPSA) is 81.8 Å². The molecule has 1 fully saturated rings. The Labute approximate surface area is 183 Å². The van der Waals surface area contributed by atoms with E-state index in [1.165, 1.54) is 4.90 Å². The number of amides is 3. The molecular formula is C24H30N4O3. The van der Waals surface area contributed by atoms with Crippen LogP contribution in [0.1, 0.15) is 40.5 Å². The van der Waals surface area contributed by atoms with Crippen LogP contribution >= 0.6 is 0 Å². The minimum Gasteiger partial charge on any atom is -0.376 e. The zero-order chi connectivity index (χ0) is 22.4. The summed E-state index contributed by atoms with van der Waals surface area (Å²) >= 11 is 0. The van der Waals surface area contributed by atoms with Gasteiger partial charge in [0.15, 0.2) is 0 Å². The molecule has 0 atom stereocenters. The van der Waals surface area contributed by atoms with Crippen molar-refractivity contribution in [3.05, 3.63) is 59.7 Å². The molecule has 2 N–H and O–H groups in total. The zero-order valence-electron chi connectivity index (χ0n) is 18.4. The lowest BCUT2D eigenvalue weighted by Crippen LogP contribution is -2.37. The molecule has 1 heterocycles. The van der Waals surface area contributed by atoms with E-state index in [0.29, 0.717) is 22.7 Å². The summed E-state index contributed by atoms with van der Waals surface area (Å²) in [5.74, 6) is 0.378. The normalized spacial score (nSPS) is 14.1. The zero-order valence-corrected chi connectivity index (χ0v) is 18.4. The molecule has 0 spiro atoms. The smallest absolute Gasteiger partial charge is 0.253 e. The molecule has 1 aliphatic heterocycles. The molecule has 2 aromatic carbocycles. The van der Waals surface area contributed by atoms with E-state index in [9.17, 15) is 14.4 Å². The predicted octanol–water partition coefficient (Wildman–Crippen LogP) is 3.31. The van der Waals surface area contributed by atoms with Crippen LogP contribution < -0.4 is 10.6 Å². The second-order valence-corrected chi connectivity index (χ2v) is 8.23. The SMILES string of the molecule is CC1CCN(C(=O)c2cccc(NC(=O)CNc3ccc(C(=O)N(C)C)cc3)c2)CC1. The Bertz CT molecular complexity index is 932. The summed E-state index contributed by atoms with van der Waals surface area (Å²) in [4.78, 5) is 40.4. The van der Waals surface area contributed by atoms with E-state index in [2.05, 4.69) is 17.6 Å². The van der Waals surface area contributed by atoms with E-state index < -0.39 is 0 Å². The number of rotatable bonds is 6. The van der Waals surface area contributed by atoms with Crippen LogP contribution in [0.15, 0.2) is 48.5 Å². The number of benzene rings is 2. The minimum absolute atomic E-state index is 0.00786. The van der Waals surface area contributed by atoms with Crippen molar-refractivity contribution >= 4 is 29.1 Å². The van der Waals surface area contributed by atoms with E-state index in [-0.39, 0.29) is 24.3 Å². The van der Waals surface area contributed by atoms with Crippen molar-refractivity contribution in [1.29, 1.82) is 0 Å². The number of hydrogen-bond donors (Lipinski definition) is 2. The van der Waals surface area contributed by atoms with Gasteiger partial charge in [0.05, 0.1) is 6.54 Å². The summed E-state index contributed by atoms with van der Waals surface area (Å²) in [6.45, 7) is 3.84. The lowest BCUT2D eigenvalue weighted by Gasteiger charge is -2.30. The maximum absolute atomic E-state index is 12.7. The minimum atomic E-state index is -0.218. The molecule has 31 heavy (non-hydrogen) atoms. The second kappa shape index (κ2) is 10.1. The van der Waals surface area contributed by atoms with E-state index in [4.69, 9.17) is 0 Å². The molecule has 0 bridgehead atoms. The lowest BCUT2D eigenvalue weighted by molar-refractivity contribution is -0.114. The fraction of sp³-hybridized carbons (Fsp3) is 0.375. The van der Waals surface area contributed by atoms with Gasteiger partial charge in [-0.15, -0.1) is 0 Å². The first kappa shape index (κ1) is 22.3. The number of likely N-dealkylation sites (tertiary alicyclic amines) is 1. The highest BCUT2D eigenvalue weighted by molar-refractivity contribution is 5.98. The van der Waals surface area contributed by atoms with Crippen molar-refractivity contribution in [1.82, 2.24) is 9.80 Å². The first-order valence-electron chi connectivity index (χ1n) is 10.6. The molecular weight excluding hydrogens is 392 g/mol. The number of carbonyl (C=O) groups excluding carboxylic acids is 3. The number of piperidine rings is 1. The van der Waals surface area contributed by atoms with E-state index >= 15 is 0 Å². The van der Waals surface area contributed by atoms with E-state index in [0.717, 1.165) is 31.6 Å². The molecule has 0 aromatic heterocycles. The van der Waals surface area contributed by atoms with Crippen LogP contribution in [0.3, 0.4) is 0 Å². The number of nitrogens with zero attached hydrogens (tertiary/aromatic N) is 2. The Kier molecular flexibility index (Phi) is 7.28. The van der Waals surface area contributed by atoms with Gasteiger partial charge >= 0.3 is 0 Å². The molecule has 0 saturated carbocycles. The molecule has 0 unspecified atom stereocenters. The van der Waals surface area contributed by atoms with Crippen molar-refractivity contribution in [2.45, 2.75) is 19.8 Å². The molecule has 0 aliphatic carbocycles. The lowest BCUT2D eigenvalue weighted by atomic mass is 9.98. The Morgan fingerprint density at radius 3 is 2.29 bits per heavy atom. The third-order valence-corrected chi connectivity index (χ3v) is 5.46. The quantitative estimate of drug-likeness (QED) is 0.748. The van der Waals surface area contributed by atoms with Gasteiger partial charge in [-0.3, -0.25) is 14.4 Å². The van der Waals surface area contributed by atoms with Gasteiger partial charge < -0.3 is 20.4 Å². The van der Waals surface area contributed by atoms with Gasteiger partial charge in [-0.05, 0) is 61.2 Å². The van der Waals surface area contributed by atoms with Gasteiger partial charge in [0, 0.05) is 49.7 Å². The standard InChI is InChI=1S/C24H30N4O3/c1-17-11-13-28(14-12-17)24(31)19-5-4-6-21(15-19)26-22(29)16-25-20-9-7-18(8-10-20)23(30)27(2)3/h4-10,15,17,25H,11-14,16H2,1-3H3,(H,26,29). The summed E-state index contributed by atoms with van der Waals surface area (Å²) in [6, 6.07) is 14.0. The average Bonchev–Trinajstić information content (AvgIpc) is 2.77. The van der Waals surface area contributed by atoms with Crippen LogP contribution in [0.2, 0.25) is 0 Å². The van der Waals surface area contributed by atoms with Gasteiger partial charge in [0.25, 0.3) is 11.8 Å². The van der Waals surface area contributed by atoms with Crippen LogP contribution in [0, 0.1) is 5.92 Å². The Morgan fingerprint density at radius 2 is 1.65 bits per heavy atom. The molecule has 3 amide bonds. The highest BCUT2D eigenvalue weighted by atomic mass is 16.2. The Balaban J connectivity index is 1.53. The average molecular weight is 423 g/mol. The number of carbonyl (C=O) groups is 3. The fourth-order valence-electron chi connectivity index (χ4n) is 3.50. The van der Waals surface area contributed by atoms with Crippen LogP contribution in [0.25, 0.3) is 0 Å². The van der Waals surface area contributed by atoms with Crippen molar-refractivity contribution in [3.8, 4) is 0 Å². The summed E-state index contributed by atoms with van der Waals surface area (Å²) < 4.78 is 0. The fourth-order valence-corrected chi connectivity index (χ4v) is 3.50. The van der Waals surface area contributed by atoms with Crippen molar-refractivity contribution in [2.75, 3.05) is 44.4 Å². The molecule has 1 aliphatic rings. The second-order valence-electron chi connectivity index (χ2n) is 8.23. The van der Waals surface area contributed by atoms with E-state index in [1.54, 1.807) is 62.6 Å². The van der Waals surface area contributed by atoms with Crippen molar-refractivity contribution < 1.29 is 14.4 Å². The molecule has 0 radical (unpaired) electrons. The largest absolute Gasteiger partial charge is 0.376 e. The van der Waals surface area contributed by atoms with Gasteiger partial charge in [-0.25, -0.2) is 0 Å². The predicted molar refractivity (Wildman–Crippen MR) is 122 cm³/mol. The molecule has 7 nitrogen and oxygen atoms in total. The monoisotopic (exact) mass is 422 g/mol. The maximum Gasteiger partial charge on any atom is 0.253 e. The van der Waals surface area contributed by atoms with Crippen LogP contribution in [-0.4, -0.2) is 61.3 Å². The van der Waals surface area contributed by atoms with Crippen LogP contribution in [0.5, 0.6) is 0 Å². The van der Waals surface area contributed by atoms with Crippen molar-refractivity contribution in [3.63, 3.8) is 0 Å². The highest BCUT2D eigenvalue weighted by Crippen LogP contribution is 2.19. The van der Waals surface area contributed by atoms with Crippen LogP contribution in [-0.2, 0) is 4.79 Å². The molecule has 3 rings (SSSR count). The van der Waals surface area contributed by atoms with Gasteiger partial charge in [0.1, 0.15) is 0 Å². The number of hydrogen-bond acceptors (Lipinski definition) is 4. The van der Waals surface area contributed by atoms with Crippen LogP contribution in [0.4, 0.5) is 11.4 Å².